The Morgan fingerprint density at radius 3 is 2.63 bits per heavy atom. The monoisotopic (exact) mass is 256 g/mol. The summed E-state index contributed by atoms with van der Waals surface area (Å²) in [7, 11) is 2.17. The van der Waals surface area contributed by atoms with E-state index in [-0.39, 0.29) is 0 Å². The molecule has 2 N–H and O–H groups in total. The minimum atomic E-state index is 0.536. The van der Waals surface area contributed by atoms with Gasteiger partial charge in [0.15, 0.2) is 0 Å². The van der Waals surface area contributed by atoms with E-state index >= 15 is 0 Å². The van der Waals surface area contributed by atoms with E-state index in [1.54, 1.807) is 0 Å². The molecule has 102 valence electrons. The smallest absolute Gasteiger partial charge is 0.0482 e. The zero-order valence-electron chi connectivity index (χ0n) is 12.0. The summed E-state index contributed by atoms with van der Waals surface area (Å²) >= 11 is 0. The molecule has 1 aromatic carbocycles. The molecule has 1 unspecified atom stereocenters. The Balaban J connectivity index is 2.14. The summed E-state index contributed by atoms with van der Waals surface area (Å²) in [5.74, 6) is 1.32. The molecule has 1 fully saturated rings. The minimum Gasteiger partial charge on any atom is -0.348 e. The quantitative estimate of drug-likeness (QED) is 0.891. The van der Waals surface area contributed by atoms with Gasteiger partial charge >= 0.3 is 0 Å². The van der Waals surface area contributed by atoms with Gasteiger partial charge in [0.05, 0.1) is 0 Å². The minimum absolute atomic E-state index is 0.536. The Labute approximate surface area is 115 Å². The first kappa shape index (κ1) is 12.7. The number of nitrogens with zero attached hydrogens (tertiary/aromatic N) is 1. The van der Waals surface area contributed by atoms with Crippen LogP contribution in [-0.4, -0.2) is 11.1 Å². The van der Waals surface area contributed by atoms with Crippen molar-refractivity contribution in [3.63, 3.8) is 0 Å². The van der Waals surface area contributed by atoms with Gasteiger partial charge in [-0.15, -0.1) is 0 Å². The molecule has 0 bridgehead atoms. The molecule has 1 aliphatic rings. The topological polar surface area (TPSA) is 30.9 Å². The molecule has 0 radical (unpaired) electrons. The maximum Gasteiger partial charge on any atom is 0.0482 e. The lowest BCUT2D eigenvalue weighted by Gasteiger charge is -2.23. The van der Waals surface area contributed by atoms with E-state index in [9.17, 15) is 0 Å². The van der Waals surface area contributed by atoms with Gasteiger partial charge in [-0.1, -0.05) is 31.0 Å². The van der Waals surface area contributed by atoms with Crippen LogP contribution < -0.4 is 5.73 Å². The molecule has 19 heavy (non-hydrogen) atoms. The highest BCUT2D eigenvalue weighted by molar-refractivity contribution is 5.86. The van der Waals surface area contributed by atoms with Crippen molar-refractivity contribution in [2.75, 3.05) is 6.54 Å². The second-order valence-electron chi connectivity index (χ2n) is 5.96. The number of rotatable bonds is 3. The third-order valence-corrected chi connectivity index (χ3v) is 5.04. The molecule has 2 aromatic rings. The average molecular weight is 256 g/mol. The van der Waals surface area contributed by atoms with Crippen molar-refractivity contribution in [1.29, 1.82) is 0 Å². The summed E-state index contributed by atoms with van der Waals surface area (Å²) in [4.78, 5) is 0. The predicted octanol–water partition coefficient (Wildman–Crippen LogP) is 3.72. The van der Waals surface area contributed by atoms with Gasteiger partial charge in [0.1, 0.15) is 0 Å². The number of fused-ring (bicyclic) bond motifs is 1. The van der Waals surface area contributed by atoms with E-state index in [0.717, 1.165) is 12.5 Å². The van der Waals surface area contributed by atoms with Crippen molar-refractivity contribution in [3.8, 4) is 0 Å². The Morgan fingerprint density at radius 1 is 1.26 bits per heavy atom. The third kappa shape index (κ3) is 1.99. The molecule has 2 nitrogen and oxygen atoms in total. The fraction of sp³-hybridized carbons (Fsp3) is 0.529. The molecule has 0 spiro atoms. The normalized spacial score (nSPS) is 18.3. The molecule has 1 heterocycles. The molecule has 1 aliphatic carbocycles. The number of hydrogen-bond donors (Lipinski definition) is 1. The van der Waals surface area contributed by atoms with Crippen LogP contribution in [0.4, 0.5) is 0 Å². The highest BCUT2D eigenvalue weighted by atomic mass is 14.9. The molecular weight excluding hydrogens is 232 g/mol. The van der Waals surface area contributed by atoms with Crippen LogP contribution in [-0.2, 0) is 7.05 Å². The molecule has 1 aromatic heterocycles. The van der Waals surface area contributed by atoms with Crippen molar-refractivity contribution < 1.29 is 0 Å². The zero-order chi connectivity index (χ0) is 13.4. The van der Waals surface area contributed by atoms with E-state index < -0.39 is 0 Å². The van der Waals surface area contributed by atoms with Crippen molar-refractivity contribution in [2.45, 2.75) is 38.5 Å². The summed E-state index contributed by atoms with van der Waals surface area (Å²) in [6.07, 6.45) is 5.46. The summed E-state index contributed by atoms with van der Waals surface area (Å²) in [6, 6.07) is 8.75. The highest BCUT2D eigenvalue weighted by Gasteiger charge is 2.29. The molecule has 0 saturated heterocycles. The van der Waals surface area contributed by atoms with Gasteiger partial charge in [-0.3, -0.25) is 0 Å². The lowest BCUT2D eigenvalue weighted by atomic mass is 9.83. The second-order valence-corrected chi connectivity index (χ2v) is 5.96. The standard InChI is InChI=1S/C17H24N2/c1-12-17(15(11-18)13-7-3-4-8-13)14-9-5-6-10-16(14)19(12)2/h5-6,9-10,13,15H,3-4,7-8,11,18H2,1-2H3. The zero-order valence-corrected chi connectivity index (χ0v) is 12.0. The Kier molecular flexibility index (Phi) is 3.36. The molecular formula is C17H24N2. The van der Waals surface area contributed by atoms with Crippen LogP contribution in [0.1, 0.15) is 42.9 Å². The van der Waals surface area contributed by atoms with Crippen LogP contribution in [0.5, 0.6) is 0 Å². The van der Waals surface area contributed by atoms with Gasteiger partial charge in [-0.2, -0.15) is 0 Å². The van der Waals surface area contributed by atoms with Crippen LogP contribution >= 0.6 is 0 Å². The third-order valence-electron chi connectivity index (χ3n) is 5.04. The number of aromatic nitrogens is 1. The lowest BCUT2D eigenvalue weighted by Crippen LogP contribution is -2.20. The Hall–Kier alpha value is -1.28. The van der Waals surface area contributed by atoms with Gasteiger partial charge in [0, 0.05) is 29.6 Å². The van der Waals surface area contributed by atoms with E-state index in [0.29, 0.717) is 5.92 Å². The summed E-state index contributed by atoms with van der Waals surface area (Å²) in [6.45, 7) is 3.02. The van der Waals surface area contributed by atoms with Crippen molar-refractivity contribution >= 4 is 10.9 Å². The predicted molar refractivity (Wildman–Crippen MR) is 81.4 cm³/mol. The number of nitrogens with two attached hydrogens (primary N) is 1. The van der Waals surface area contributed by atoms with Crippen LogP contribution in [0.2, 0.25) is 0 Å². The first-order chi connectivity index (χ1) is 9.24. The maximum absolute atomic E-state index is 6.14. The lowest BCUT2D eigenvalue weighted by molar-refractivity contribution is 0.440. The van der Waals surface area contributed by atoms with Crippen molar-refractivity contribution in [3.05, 3.63) is 35.5 Å². The number of benzene rings is 1. The van der Waals surface area contributed by atoms with Crippen LogP contribution in [0.25, 0.3) is 10.9 Å². The number of hydrogen-bond acceptors (Lipinski definition) is 1. The van der Waals surface area contributed by atoms with Gasteiger partial charge in [0.25, 0.3) is 0 Å². The van der Waals surface area contributed by atoms with Crippen LogP contribution in [0.3, 0.4) is 0 Å². The fourth-order valence-electron chi connectivity index (χ4n) is 3.92. The SMILES string of the molecule is Cc1c(C(CN)C2CCCC2)c2ccccc2n1C. The summed E-state index contributed by atoms with van der Waals surface area (Å²) in [5.41, 5.74) is 10.4. The van der Waals surface area contributed by atoms with Gasteiger partial charge < -0.3 is 10.3 Å². The van der Waals surface area contributed by atoms with Crippen molar-refractivity contribution in [1.82, 2.24) is 4.57 Å². The Morgan fingerprint density at radius 2 is 1.95 bits per heavy atom. The molecule has 1 saturated carbocycles. The number of aryl methyl sites for hydroxylation is 1. The molecule has 2 heteroatoms. The fourth-order valence-corrected chi connectivity index (χ4v) is 3.92. The van der Waals surface area contributed by atoms with Crippen molar-refractivity contribution in [2.24, 2.45) is 18.7 Å². The second kappa shape index (κ2) is 5.01. The van der Waals surface area contributed by atoms with Gasteiger partial charge in [0.2, 0.25) is 0 Å². The van der Waals surface area contributed by atoms with E-state index in [1.807, 2.05) is 0 Å². The largest absolute Gasteiger partial charge is 0.348 e. The van der Waals surface area contributed by atoms with E-state index in [4.69, 9.17) is 5.73 Å². The van der Waals surface area contributed by atoms with Gasteiger partial charge in [-0.25, -0.2) is 0 Å². The molecule has 0 aliphatic heterocycles. The van der Waals surface area contributed by atoms with E-state index in [1.165, 1.54) is 47.8 Å². The van der Waals surface area contributed by atoms with Crippen LogP contribution in [0.15, 0.2) is 24.3 Å². The average Bonchev–Trinajstić information content (AvgIpc) is 3.04. The Bertz CT molecular complexity index is 576. The first-order valence-electron chi connectivity index (χ1n) is 7.48. The first-order valence-corrected chi connectivity index (χ1v) is 7.48. The van der Waals surface area contributed by atoms with Crippen LogP contribution in [0, 0.1) is 12.8 Å². The number of para-hydroxylation sites is 1. The molecule has 0 amide bonds. The van der Waals surface area contributed by atoms with Gasteiger partial charge in [-0.05, 0) is 43.9 Å². The summed E-state index contributed by atoms with van der Waals surface area (Å²) in [5, 5.41) is 1.41. The highest BCUT2D eigenvalue weighted by Crippen LogP contribution is 2.41. The summed E-state index contributed by atoms with van der Waals surface area (Å²) < 4.78 is 2.32. The molecule has 3 rings (SSSR count). The maximum atomic E-state index is 6.14. The molecule has 1 atom stereocenters. The van der Waals surface area contributed by atoms with E-state index in [2.05, 4.69) is 42.8 Å².